The van der Waals surface area contributed by atoms with Crippen molar-refractivity contribution in [2.24, 2.45) is 0 Å². The second kappa shape index (κ2) is 7.89. The summed E-state index contributed by atoms with van der Waals surface area (Å²) in [5.74, 6) is -5.55. The average molecular weight is 399 g/mol. The predicted molar refractivity (Wildman–Crippen MR) is 81.6 cm³/mol. The third-order valence-corrected chi connectivity index (χ3v) is 5.78. The first-order valence-electron chi connectivity index (χ1n) is 7.63. The summed E-state index contributed by atoms with van der Waals surface area (Å²) >= 11 is 0. The number of carbonyl (C=O) groups is 1. The van der Waals surface area contributed by atoms with Crippen LogP contribution in [0.1, 0.15) is 18.4 Å². The third-order valence-electron chi connectivity index (χ3n) is 3.88. The Morgan fingerprint density at radius 3 is 2.69 bits per heavy atom. The molecule has 1 fully saturated rings. The fourth-order valence-electron chi connectivity index (χ4n) is 2.57. The lowest BCUT2D eigenvalue weighted by molar-refractivity contribution is -0.168. The minimum atomic E-state index is -4.30. The van der Waals surface area contributed by atoms with Crippen LogP contribution in [0.25, 0.3) is 0 Å². The summed E-state index contributed by atoms with van der Waals surface area (Å²) in [5.41, 5.74) is 0.183. The summed E-state index contributed by atoms with van der Waals surface area (Å²) in [7, 11) is -4.09. The Balaban J connectivity index is 2.12. The molecule has 1 aromatic carbocycles. The van der Waals surface area contributed by atoms with Crippen LogP contribution in [0.15, 0.2) is 29.2 Å². The van der Waals surface area contributed by atoms with Gasteiger partial charge in [-0.2, -0.15) is 13.1 Å². The molecule has 2 rings (SSSR count). The molecule has 0 spiro atoms. The molecule has 11 heteroatoms. The molecule has 1 saturated heterocycles. The van der Waals surface area contributed by atoms with E-state index in [0.29, 0.717) is 6.42 Å². The maximum atomic E-state index is 12.8. The van der Waals surface area contributed by atoms with E-state index in [0.717, 1.165) is 10.4 Å². The van der Waals surface area contributed by atoms with Crippen LogP contribution in [-0.2, 0) is 26.2 Å². The zero-order chi connectivity index (χ0) is 19.5. The molecule has 0 bridgehead atoms. The van der Waals surface area contributed by atoms with Gasteiger partial charge in [-0.1, -0.05) is 12.1 Å². The number of alkyl halides is 4. The van der Waals surface area contributed by atoms with Crippen LogP contribution in [0, 0.1) is 0 Å². The number of hydrogen-bond donors (Lipinski definition) is 1. The van der Waals surface area contributed by atoms with Crippen LogP contribution in [0.4, 0.5) is 17.6 Å². The lowest BCUT2D eigenvalue weighted by atomic mass is 10.2. The van der Waals surface area contributed by atoms with E-state index in [-0.39, 0.29) is 23.4 Å². The molecule has 1 aliphatic heterocycles. The highest BCUT2D eigenvalue weighted by Crippen LogP contribution is 2.27. The van der Waals surface area contributed by atoms with Crippen LogP contribution in [-0.4, -0.2) is 55.3 Å². The molecule has 1 heterocycles. The van der Waals surface area contributed by atoms with E-state index in [9.17, 15) is 30.8 Å². The number of halogens is 4. The van der Waals surface area contributed by atoms with Gasteiger partial charge in [0.1, 0.15) is 12.6 Å². The summed E-state index contributed by atoms with van der Waals surface area (Å²) in [6.45, 7) is -1.94. The highest BCUT2D eigenvalue weighted by Gasteiger charge is 2.41. The fraction of sp³-hybridized carbons (Fsp3) is 0.533. The molecule has 0 unspecified atom stereocenters. The Kier molecular flexibility index (Phi) is 6.25. The number of benzene rings is 1. The Hall–Kier alpha value is -1.72. The zero-order valence-electron chi connectivity index (χ0n) is 13.4. The number of carboxylic acids is 1. The van der Waals surface area contributed by atoms with Gasteiger partial charge in [-0.3, -0.25) is 4.79 Å². The van der Waals surface area contributed by atoms with Gasteiger partial charge in [0.05, 0.1) is 11.5 Å². The second-order valence-corrected chi connectivity index (χ2v) is 7.70. The van der Waals surface area contributed by atoms with Crippen LogP contribution in [0.2, 0.25) is 0 Å². The SMILES string of the molecule is O=C(O)[C@@H]1CCCN1S(=O)(=O)c1cccc(COCC(F)(F)C(F)F)c1. The number of sulfonamides is 1. The van der Waals surface area contributed by atoms with Crippen LogP contribution in [0.5, 0.6) is 0 Å². The predicted octanol–water partition coefficient (Wildman–Crippen LogP) is 2.34. The molecule has 26 heavy (non-hydrogen) atoms. The normalized spacial score (nSPS) is 19.2. The molecule has 6 nitrogen and oxygen atoms in total. The first kappa shape index (κ1) is 20.6. The molecular formula is C15H17F4NO5S. The Labute approximate surface area is 147 Å². The number of ether oxygens (including phenoxy) is 1. The summed E-state index contributed by atoms with van der Waals surface area (Å²) in [4.78, 5) is 11.0. The number of aliphatic carboxylic acids is 1. The van der Waals surface area contributed by atoms with Crippen LogP contribution >= 0.6 is 0 Å². The summed E-state index contributed by atoms with van der Waals surface area (Å²) in [6, 6.07) is 3.95. The van der Waals surface area contributed by atoms with Crippen molar-refractivity contribution < 1.29 is 40.6 Å². The molecule has 0 saturated carbocycles. The van der Waals surface area contributed by atoms with Gasteiger partial charge in [0.2, 0.25) is 10.0 Å². The van der Waals surface area contributed by atoms with Crippen molar-refractivity contribution in [3.63, 3.8) is 0 Å². The van der Waals surface area contributed by atoms with E-state index < -0.39 is 47.6 Å². The Bertz CT molecular complexity index is 756. The monoisotopic (exact) mass is 399 g/mol. The van der Waals surface area contributed by atoms with Gasteiger partial charge in [-0.25, -0.2) is 17.2 Å². The molecule has 0 radical (unpaired) electrons. The molecular weight excluding hydrogens is 382 g/mol. The van der Waals surface area contributed by atoms with Crippen molar-refractivity contribution in [1.82, 2.24) is 4.31 Å². The summed E-state index contributed by atoms with van der Waals surface area (Å²) in [5, 5.41) is 9.13. The average Bonchev–Trinajstić information content (AvgIpc) is 3.05. The van der Waals surface area contributed by atoms with Gasteiger partial charge in [0, 0.05) is 6.54 Å². The van der Waals surface area contributed by atoms with E-state index in [4.69, 9.17) is 5.11 Å². The van der Waals surface area contributed by atoms with E-state index in [2.05, 4.69) is 4.74 Å². The van der Waals surface area contributed by atoms with Gasteiger partial charge in [0.15, 0.2) is 0 Å². The van der Waals surface area contributed by atoms with E-state index in [1.807, 2.05) is 0 Å². The highest BCUT2D eigenvalue weighted by atomic mass is 32.2. The lowest BCUT2D eigenvalue weighted by Gasteiger charge is -2.21. The second-order valence-electron chi connectivity index (χ2n) is 5.81. The minimum Gasteiger partial charge on any atom is -0.480 e. The largest absolute Gasteiger partial charge is 0.480 e. The van der Waals surface area contributed by atoms with E-state index in [1.54, 1.807) is 0 Å². The maximum absolute atomic E-state index is 12.8. The maximum Gasteiger partial charge on any atom is 0.330 e. The van der Waals surface area contributed by atoms with Gasteiger partial charge < -0.3 is 9.84 Å². The molecule has 146 valence electrons. The zero-order valence-corrected chi connectivity index (χ0v) is 14.3. The van der Waals surface area contributed by atoms with Crippen molar-refractivity contribution >= 4 is 16.0 Å². The van der Waals surface area contributed by atoms with Crippen molar-refractivity contribution in [3.8, 4) is 0 Å². The standard InChI is InChI=1S/C15H17F4NO5S/c16-14(17)15(18,19)9-25-8-10-3-1-4-11(7-10)26(23,24)20-6-2-5-12(20)13(21)22/h1,3-4,7,12,14H,2,5-6,8-9H2,(H,21,22)/t12-/m0/s1. The number of rotatable bonds is 8. The van der Waals surface area contributed by atoms with E-state index in [1.165, 1.54) is 18.2 Å². The first-order valence-corrected chi connectivity index (χ1v) is 9.07. The smallest absolute Gasteiger partial charge is 0.330 e. The number of nitrogens with zero attached hydrogens (tertiary/aromatic N) is 1. The molecule has 1 N–H and O–H groups in total. The molecule has 1 aromatic rings. The Morgan fingerprint density at radius 1 is 1.38 bits per heavy atom. The fourth-order valence-corrected chi connectivity index (χ4v) is 4.30. The molecule has 0 aliphatic carbocycles. The molecule has 0 amide bonds. The molecule has 0 aromatic heterocycles. The molecule has 1 aliphatic rings. The Morgan fingerprint density at radius 2 is 2.08 bits per heavy atom. The lowest BCUT2D eigenvalue weighted by Crippen LogP contribution is -2.40. The van der Waals surface area contributed by atoms with Crippen LogP contribution in [0.3, 0.4) is 0 Å². The molecule has 1 atom stereocenters. The highest BCUT2D eigenvalue weighted by molar-refractivity contribution is 7.89. The van der Waals surface area contributed by atoms with Crippen molar-refractivity contribution in [2.75, 3.05) is 13.2 Å². The van der Waals surface area contributed by atoms with Gasteiger partial charge in [-0.05, 0) is 30.5 Å². The third kappa shape index (κ3) is 4.51. The quantitative estimate of drug-likeness (QED) is 0.679. The van der Waals surface area contributed by atoms with Crippen molar-refractivity contribution in [1.29, 1.82) is 0 Å². The van der Waals surface area contributed by atoms with E-state index >= 15 is 0 Å². The van der Waals surface area contributed by atoms with Crippen LogP contribution < -0.4 is 0 Å². The summed E-state index contributed by atoms with van der Waals surface area (Å²) in [6.07, 6.45) is -3.26. The minimum absolute atomic E-state index is 0.0562. The number of carboxylic acid groups (broad SMARTS) is 1. The topological polar surface area (TPSA) is 83.9 Å². The van der Waals surface area contributed by atoms with Gasteiger partial charge in [-0.15, -0.1) is 0 Å². The van der Waals surface area contributed by atoms with Gasteiger partial charge >= 0.3 is 18.3 Å². The first-order chi connectivity index (χ1) is 12.1. The van der Waals surface area contributed by atoms with Crippen molar-refractivity contribution in [2.45, 2.75) is 42.7 Å². The number of hydrogen-bond acceptors (Lipinski definition) is 4. The van der Waals surface area contributed by atoms with Crippen molar-refractivity contribution in [3.05, 3.63) is 29.8 Å². The van der Waals surface area contributed by atoms with Gasteiger partial charge in [0.25, 0.3) is 0 Å². The summed E-state index contributed by atoms with van der Waals surface area (Å²) < 4.78 is 80.5.